The van der Waals surface area contributed by atoms with Crippen LogP contribution in [0.25, 0.3) is 0 Å². The molecule has 1 aromatic heterocycles. The van der Waals surface area contributed by atoms with Crippen LogP contribution in [-0.4, -0.2) is 5.11 Å². The Morgan fingerprint density at radius 1 is 1.35 bits per heavy atom. The van der Waals surface area contributed by atoms with Gasteiger partial charge in [-0.15, -0.1) is 0 Å². The smallest absolute Gasteiger partial charge is 0.142 e. The second-order valence-corrected chi connectivity index (χ2v) is 4.26. The molecule has 2 rings (SSSR count). The van der Waals surface area contributed by atoms with Crippen LogP contribution in [0, 0.1) is 12.7 Å². The Kier molecular flexibility index (Phi) is 3.50. The van der Waals surface area contributed by atoms with Crippen molar-refractivity contribution in [1.29, 1.82) is 0 Å². The van der Waals surface area contributed by atoms with Gasteiger partial charge in [-0.3, -0.25) is 0 Å². The predicted octanol–water partition coefficient (Wildman–Crippen LogP) is 3.66. The number of aliphatic hydroxyl groups excluding tert-OH is 1. The lowest BCUT2D eigenvalue weighted by atomic mass is 10.1. The highest BCUT2D eigenvalue weighted by molar-refractivity contribution is 6.31. The first kappa shape index (κ1) is 12.1. The Morgan fingerprint density at radius 3 is 2.76 bits per heavy atom. The van der Waals surface area contributed by atoms with Crippen molar-refractivity contribution in [3.8, 4) is 0 Å². The van der Waals surface area contributed by atoms with Crippen LogP contribution in [0.2, 0.25) is 5.02 Å². The second-order valence-electron chi connectivity index (χ2n) is 3.88. The SMILES string of the molecule is Cc1ccc(C(O)Cc2cccc(F)c2Cl)o1. The molecule has 1 unspecified atom stereocenters. The zero-order chi connectivity index (χ0) is 12.4. The summed E-state index contributed by atoms with van der Waals surface area (Å²) < 4.78 is 18.5. The summed E-state index contributed by atoms with van der Waals surface area (Å²) in [7, 11) is 0. The lowest BCUT2D eigenvalue weighted by Gasteiger charge is -2.09. The number of hydrogen-bond donors (Lipinski definition) is 1. The van der Waals surface area contributed by atoms with Crippen LogP contribution in [0.3, 0.4) is 0 Å². The van der Waals surface area contributed by atoms with E-state index in [4.69, 9.17) is 16.0 Å². The molecule has 90 valence electrons. The summed E-state index contributed by atoms with van der Waals surface area (Å²) in [6, 6.07) is 8.01. The van der Waals surface area contributed by atoms with Gasteiger partial charge in [0.2, 0.25) is 0 Å². The molecule has 17 heavy (non-hydrogen) atoms. The first-order valence-corrected chi connectivity index (χ1v) is 5.63. The minimum absolute atomic E-state index is 0.0508. The van der Waals surface area contributed by atoms with Crippen molar-refractivity contribution >= 4 is 11.6 Å². The monoisotopic (exact) mass is 254 g/mol. The lowest BCUT2D eigenvalue weighted by molar-refractivity contribution is 0.149. The molecule has 1 aromatic carbocycles. The maximum atomic E-state index is 13.2. The number of hydrogen-bond acceptors (Lipinski definition) is 2. The van der Waals surface area contributed by atoms with Crippen molar-refractivity contribution in [2.45, 2.75) is 19.4 Å². The van der Waals surface area contributed by atoms with Crippen molar-refractivity contribution in [3.63, 3.8) is 0 Å². The molecule has 4 heteroatoms. The Hall–Kier alpha value is -1.32. The Labute approximate surface area is 104 Å². The molecular formula is C13H12ClFO2. The van der Waals surface area contributed by atoms with Crippen LogP contribution in [0.1, 0.15) is 23.2 Å². The van der Waals surface area contributed by atoms with Gasteiger partial charge in [-0.25, -0.2) is 4.39 Å². The van der Waals surface area contributed by atoms with Crippen LogP contribution < -0.4 is 0 Å². The summed E-state index contributed by atoms with van der Waals surface area (Å²) in [6.45, 7) is 1.80. The van der Waals surface area contributed by atoms with E-state index in [0.29, 0.717) is 11.3 Å². The lowest BCUT2D eigenvalue weighted by Crippen LogP contribution is -2.01. The zero-order valence-electron chi connectivity index (χ0n) is 9.28. The van der Waals surface area contributed by atoms with E-state index < -0.39 is 11.9 Å². The fraction of sp³-hybridized carbons (Fsp3) is 0.231. The fourth-order valence-electron chi connectivity index (χ4n) is 1.65. The van der Waals surface area contributed by atoms with Gasteiger partial charge >= 0.3 is 0 Å². The molecule has 0 aliphatic rings. The molecule has 0 bridgehead atoms. The van der Waals surface area contributed by atoms with Crippen molar-refractivity contribution in [3.05, 3.63) is 58.3 Å². The minimum Gasteiger partial charge on any atom is -0.464 e. The van der Waals surface area contributed by atoms with E-state index in [-0.39, 0.29) is 11.4 Å². The van der Waals surface area contributed by atoms with Crippen LogP contribution in [0.4, 0.5) is 4.39 Å². The molecule has 1 heterocycles. The van der Waals surface area contributed by atoms with Gasteiger partial charge < -0.3 is 9.52 Å². The van der Waals surface area contributed by atoms with Gasteiger partial charge in [0.05, 0.1) is 5.02 Å². The number of benzene rings is 1. The summed E-state index contributed by atoms with van der Waals surface area (Å²) in [4.78, 5) is 0. The molecule has 1 atom stereocenters. The van der Waals surface area contributed by atoms with E-state index in [0.717, 1.165) is 5.76 Å². The summed E-state index contributed by atoms with van der Waals surface area (Å²) in [5.41, 5.74) is 0.563. The molecule has 0 saturated heterocycles. The first-order valence-electron chi connectivity index (χ1n) is 5.25. The van der Waals surface area contributed by atoms with Gasteiger partial charge in [-0.1, -0.05) is 23.7 Å². The van der Waals surface area contributed by atoms with E-state index in [2.05, 4.69) is 0 Å². The first-order chi connectivity index (χ1) is 8.08. The number of aliphatic hydroxyl groups is 1. The van der Waals surface area contributed by atoms with Gasteiger partial charge in [0.15, 0.2) is 0 Å². The minimum atomic E-state index is -0.817. The summed E-state index contributed by atoms with van der Waals surface area (Å²) >= 11 is 5.81. The van der Waals surface area contributed by atoms with Crippen LogP contribution >= 0.6 is 11.6 Å². The summed E-state index contributed by atoms with van der Waals surface area (Å²) in [5, 5.41) is 9.98. The van der Waals surface area contributed by atoms with Crippen LogP contribution in [0.15, 0.2) is 34.7 Å². The molecule has 2 nitrogen and oxygen atoms in total. The molecule has 0 saturated carbocycles. The fourth-order valence-corrected chi connectivity index (χ4v) is 1.85. The number of furan rings is 1. The van der Waals surface area contributed by atoms with Gasteiger partial charge in [-0.05, 0) is 30.7 Å². The molecule has 0 aliphatic heterocycles. The molecule has 0 radical (unpaired) electrons. The van der Waals surface area contributed by atoms with Crippen molar-refractivity contribution in [1.82, 2.24) is 0 Å². The maximum absolute atomic E-state index is 13.2. The van der Waals surface area contributed by atoms with E-state index in [9.17, 15) is 9.50 Å². The largest absolute Gasteiger partial charge is 0.464 e. The molecular weight excluding hydrogens is 243 g/mol. The third-order valence-corrected chi connectivity index (χ3v) is 2.96. The standard InChI is InChI=1S/C13H12ClFO2/c1-8-5-6-12(17-8)11(16)7-9-3-2-4-10(15)13(9)14/h2-6,11,16H,7H2,1H3. The van der Waals surface area contributed by atoms with Crippen molar-refractivity contribution < 1.29 is 13.9 Å². The predicted molar refractivity (Wildman–Crippen MR) is 63.5 cm³/mol. The molecule has 1 N–H and O–H groups in total. The van der Waals surface area contributed by atoms with E-state index in [1.165, 1.54) is 6.07 Å². The Bertz CT molecular complexity index is 522. The van der Waals surface area contributed by atoms with Crippen LogP contribution in [0.5, 0.6) is 0 Å². The summed E-state index contributed by atoms with van der Waals surface area (Å²) in [6.07, 6.45) is -0.591. The van der Waals surface area contributed by atoms with E-state index >= 15 is 0 Å². The molecule has 0 aliphatic carbocycles. The summed E-state index contributed by atoms with van der Waals surface area (Å²) in [5.74, 6) is 0.708. The second kappa shape index (κ2) is 4.90. The average molecular weight is 255 g/mol. The van der Waals surface area contributed by atoms with Gasteiger partial charge in [0.25, 0.3) is 0 Å². The maximum Gasteiger partial charge on any atom is 0.142 e. The highest BCUT2D eigenvalue weighted by Gasteiger charge is 2.15. The van der Waals surface area contributed by atoms with Crippen LogP contribution in [-0.2, 0) is 6.42 Å². The van der Waals surface area contributed by atoms with Gasteiger partial charge in [0.1, 0.15) is 23.4 Å². The zero-order valence-corrected chi connectivity index (χ0v) is 10.0. The molecule has 0 amide bonds. The van der Waals surface area contributed by atoms with Gasteiger partial charge in [0, 0.05) is 6.42 Å². The van der Waals surface area contributed by atoms with Crippen molar-refractivity contribution in [2.24, 2.45) is 0 Å². The third-order valence-electron chi connectivity index (χ3n) is 2.53. The normalized spacial score (nSPS) is 12.7. The Morgan fingerprint density at radius 2 is 2.12 bits per heavy atom. The van der Waals surface area contributed by atoms with E-state index in [1.807, 2.05) is 0 Å². The number of aryl methyl sites for hydroxylation is 1. The average Bonchev–Trinajstić information content (AvgIpc) is 2.72. The topological polar surface area (TPSA) is 33.4 Å². The number of halogens is 2. The van der Waals surface area contributed by atoms with Gasteiger partial charge in [-0.2, -0.15) is 0 Å². The van der Waals surface area contributed by atoms with Crippen molar-refractivity contribution in [2.75, 3.05) is 0 Å². The Balaban J connectivity index is 2.18. The molecule has 2 aromatic rings. The molecule has 0 spiro atoms. The highest BCUT2D eigenvalue weighted by Crippen LogP contribution is 2.26. The number of rotatable bonds is 3. The van der Waals surface area contributed by atoms with E-state index in [1.54, 1.807) is 31.2 Å². The molecule has 0 fully saturated rings. The third kappa shape index (κ3) is 2.68. The quantitative estimate of drug-likeness (QED) is 0.907. The highest BCUT2D eigenvalue weighted by atomic mass is 35.5.